The van der Waals surface area contributed by atoms with Crippen LogP contribution >= 0.6 is 0 Å². The number of imidazole rings is 1. The molecule has 0 saturated carbocycles. The van der Waals surface area contributed by atoms with Gasteiger partial charge in [-0.1, -0.05) is 13.8 Å². The Hall–Kier alpha value is -0.870. The summed E-state index contributed by atoms with van der Waals surface area (Å²) in [5, 5.41) is 3.55. The molecule has 1 aromatic heterocycles. The third-order valence-electron chi connectivity index (χ3n) is 2.98. The zero-order valence-corrected chi connectivity index (χ0v) is 10.3. The van der Waals surface area contributed by atoms with Crippen molar-refractivity contribution < 1.29 is 4.74 Å². The van der Waals surface area contributed by atoms with E-state index < -0.39 is 0 Å². The molecule has 0 radical (unpaired) electrons. The molecule has 1 N–H and O–H groups in total. The predicted molar refractivity (Wildman–Crippen MR) is 63.3 cm³/mol. The van der Waals surface area contributed by atoms with Crippen molar-refractivity contribution in [3.63, 3.8) is 0 Å². The number of ether oxygens (including phenoxy) is 1. The third kappa shape index (κ3) is 2.28. The van der Waals surface area contributed by atoms with E-state index in [0.29, 0.717) is 12.1 Å². The van der Waals surface area contributed by atoms with Gasteiger partial charge in [0.2, 0.25) is 0 Å². The summed E-state index contributed by atoms with van der Waals surface area (Å²) in [5.41, 5.74) is 0. The van der Waals surface area contributed by atoms with Crippen molar-refractivity contribution in [2.45, 2.75) is 51.9 Å². The van der Waals surface area contributed by atoms with E-state index in [1.807, 2.05) is 12.4 Å². The van der Waals surface area contributed by atoms with Crippen molar-refractivity contribution in [1.82, 2.24) is 14.9 Å². The van der Waals surface area contributed by atoms with Crippen LogP contribution in [-0.4, -0.2) is 28.2 Å². The quantitative estimate of drug-likeness (QED) is 0.845. The van der Waals surface area contributed by atoms with Crippen LogP contribution in [0.4, 0.5) is 0 Å². The van der Waals surface area contributed by atoms with Gasteiger partial charge in [0.15, 0.2) is 0 Å². The van der Waals surface area contributed by atoms with E-state index in [-0.39, 0.29) is 6.10 Å². The molecule has 2 atom stereocenters. The molecule has 1 fully saturated rings. The average Bonchev–Trinajstić information content (AvgIpc) is 2.83. The summed E-state index contributed by atoms with van der Waals surface area (Å²) in [6.45, 7) is 8.24. The lowest BCUT2D eigenvalue weighted by atomic mass is 10.1. The number of rotatable bonds is 4. The van der Waals surface area contributed by atoms with Gasteiger partial charge in [0.05, 0.1) is 0 Å². The molecule has 1 aliphatic rings. The number of nitrogens with zero attached hydrogens (tertiary/aromatic N) is 2. The van der Waals surface area contributed by atoms with Gasteiger partial charge in [0.1, 0.15) is 11.9 Å². The molecule has 1 aromatic rings. The van der Waals surface area contributed by atoms with E-state index in [9.17, 15) is 0 Å². The molecule has 2 rings (SSSR count). The first kappa shape index (κ1) is 11.6. The van der Waals surface area contributed by atoms with Crippen LogP contribution in [0.15, 0.2) is 12.4 Å². The minimum Gasteiger partial charge on any atom is -0.369 e. The molecule has 0 bridgehead atoms. The highest BCUT2D eigenvalue weighted by molar-refractivity contribution is 5.03. The SMILES string of the molecule is CCn1ccnc1[C@H]1OCC[C@@H]1NC(C)C. The Balaban J connectivity index is 2.13. The monoisotopic (exact) mass is 223 g/mol. The second kappa shape index (κ2) is 4.97. The maximum atomic E-state index is 5.81. The summed E-state index contributed by atoms with van der Waals surface area (Å²) in [7, 11) is 0. The first-order valence-corrected chi connectivity index (χ1v) is 6.11. The molecule has 0 aliphatic carbocycles. The normalized spacial score (nSPS) is 25.5. The minimum atomic E-state index is 0.109. The van der Waals surface area contributed by atoms with Crippen LogP contribution in [0.5, 0.6) is 0 Å². The summed E-state index contributed by atoms with van der Waals surface area (Å²) in [6.07, 6.45) is 5.05. The maximum Gasteiger partial charge on any atom is 0.139 e. The standard InChI is InChI=1S/C12H21N3O/c1-4-15-7-6-13-12(15)11-10(5-8-16-11)14-9(2)3/h6-7,9-11,14H,4-5,8H2,1-3H3/t10-,11-/m0/s1. The van der Waals surface area contributed by atoms with Gasteiger partial charge in [-0.25, -0.2) is 4.98 Å². The van der Waals surface area contributed by atoms with Crippen LogP contribution in [0.25, 0.3) is 0 Å². The topological polar surface area (TPSA) is 39.1 Å². The Labute approximate surface area is 97.0 Å². The molecule has 0 unspecified atom stereocenters. The molecule has 2 heterocycles. The summed E-state index contributed by atoms with van der Waals surface area (Å²) in [6, 6.07) is 0.881. The largest absolute Gasteiger partial charge is 0.369 e. The molecule has 1 aliphatic heterocycles. The summed E-state index contributed by atoms with van der Waals surface area (Å²) in [5.74, 6) is 1.05. The smallest absolute Gasteiger partial charge is 0.139 e. The van der Waals surface area contributed by atoms with Crippen molar-refractivity contribution in [1.29, 1.82) is 0 Å². The van der Waals surface area contributed by atoms with E-state index in [1.54, 1.807) is 0 Å². The first-order chi connectivity index (χ1) is 7.72. The molecular weight excluding hydrogens is 202 g/mol. The lowest BCUT2D eigenvalue weighted by Crippen LogP contribution is -2.37. The highest BCUT2D eigenvalue weighted by Crippen LogP contribution is 2.28. The molecule has 4 heteroatoms. The van der Waals surface area contributed by atoms with Crippen molar-refractivity contribution in [3.05, 3.63) is 18.2 Å². The van der Waals surface area contributed by atoms with Gasteiger partial charge in [0, 0.05) is 37.6 Å². The molecule has 16 heavy (non-hydrogen) atoms. The number of nitrogens with one attached hydrogen (secondary N) is 1. The third-order valence-corrected chi connectivity index (χ3v) is 2.98. The van der Waals surface area contributed by atoms with Crippen LogP contribution < -0.4 is 5.32 Å². The van der Waals surface area contributed by atoms with Gasteiger partial charge in [-0.3, -0.25) is 0 Å². The zero-order valence-electron chi connectivity index (χ0n) is 10.3. The van der Waals surface area contributed by atoms with Gasteiger partial charge < -0.3 is 14.6 Å². The van der Waals surface area contributed by atoms with Crippen LogP contribution in [-0.2, 0) is 11.3 Å². The highest BCUT2D eigenvalue weighted by Gasteiger charge is 2.32. The first-order valence-electron chi connectivity index (χ1n) is 6.11. The maximum absolute atomic E-state index is 5.81. The fourth-order valence-electron chi connectivity index (χ4n) is 2.29. The zero-order chi connectivity index (χ0) is 11.5. The van der Waals surface area contributed by atoms with Crippen LogP contribution in [0.2, 0.25) is 0 Å². The fraction of sp³-hybridized carbons (Fsp3) is 0.750. The Morgan fingerprint density at radius 3 is 3.12 bits per heavy atom. The van der Waals surface area contributed by atoms with Crippen molar-refractivity contribution >= 4 is 0 Å². The Kier molecular flexibility index (Phi) is 3.61. The second-order valence-corrected chi connectivity index (χ2v) is 4.58. The molecule has 0 aromatic carbocycles. The summed E-state index contributed by atoms with van der Waals surface area (Å²) >= 11 is 0. The van der Waals surface area contributed by atoms with Gasteiger partial charge in [0.25, 0.3) is 0 Å². The van der Waals surface area contributed by atoms with Crippen LogP contribution in [0.3, 0.4) is 0 Å². The number of hydrogen-bond acceptors (Lipinski definition) is 3. The van der Waals surface area contributed by atoms with E-state index >= 15 is 0 Å². The van der Waals surface area contributed by atoms with Gasteiger partial charge >= 0.3 is 0 Å². The fourth-order valence-corrected chi connectivity index (χ4v) is 2.29. The average molecular weight is 223 g/mol. The van der Waals surface area contributed by atoms with Gasteiger partial charge in [-0.2, -0.15) is 0 Å². The highest BCUT2D eigenvalue weighted by atomic mass is 16.5. The van der Waals surface area contributed by atoms with Crippen molar-refractivity contribution in [2.24, 2.45) is 0 Å². The Bertz CT molecular complexity index is 335. The van der Waals surface area contributed by atoms with E-state index in [2.05, 4.69) is 35.6 Å². The molecule has 0 amide bonds. The lowest BCUT2D eigenvalue weighted by Gasteiger charge is -2.22. The van der Waals surface area contributed by atoms with Gasteiger partial charge in [-0.15, -0.1) is 0 Å². The second-order valence-electron chi connectivity index (χ2n) is 4.58. The van der Waals surface area contributed by atoms with E-state index in [1.165, 1.54) is 0 Å². The van der Waals surface area contributed by atoms with E-state index in [4.69, 9.17) is 4.74 Å². The summed E-state index contributed by atoms with van der Waals surface area (Å²) < 4.78 is 7.97. The van der Waals surface area contributed by atoms with Gasteiger partial charge in [-0.05, 0) is 13.3 Å². The Morgan fingerprint density at radius 1 is 1.62 bits per heavy atom. The molecule has 90 valence electrons. The van der Waals surface area contributed by atoms with Crippen LogP contribution in [0.1, 0.15) is 39.1 Å². The molecule has 1 saturated heterocycles. The van der Waals surface area contributed by atoms with Crippen molar-refractivity contribution in [2.75, 3.05) is 6.61 Å². The Morgan fingerprint density at radius 2 is 2.44 bits per heavy atom. The van der Waals surface area contributed by atoms with E-state index in [0.717, 1.165) is 25.4 Å². The molecular formula is C12H21N3O. The minimum absolute atomic E-state index is 0.109. The number of hydrogen-bond donors (Lipinski definition) is 1. The molecule has 0 spiro atoms. The predicted octanol–water partition coefficient (Wildman–Crippen LogP) is 1.73. The summed E-state index contributed by atoms with van der Waals surface area (Å²) in [4.78, 5) is 4.42. The number of aryl methyl sites for hydroxylation is 1. The van der Waals surface area contributed by atoms with Crippen LogP contribution in [0, 0.1) is 0 Å². The lowest BCUT2D eigenvalue weighted by molar-refractivity contribution is 0.0874. The van der Waals surface area contributed by atoms with Crippen molar-refractivity contribution in [3.8, 4) is 0 Å². The molecule has 4 nitrogen and oxygen atoms in total. The number of aromatic nitrogens is 2.